The SMILES string of the molecule is CCCNC(=O)C[NH+](C)CC(=O)Nc1sc2c(c1C#N)CC[C@@H](C)C2. The molecule has 0 bridgehead atoms. The van der Waals surface area contributed by atoms with Crippen molar-refractivity contribution in [2.75, 3.05) is 32.0 Å². The lowest BCUT2D eigenvalue weighted by Crippen LogP contribution is -3.11. The van der Waals surface area contributed by atoms with Crippen LogP contribution in [-0.4, -0.2) is 38.5 Å². The number of carbonyl (C=O) groups is 2. The van der Waals surface area contributed by atoms with Crippen LogP contribution in [0.5, 0.6) is 0 Å². The van der Waals surface area contributed by atoms with Crippen LogP contribution in [0.4, 0.5) is 5.00 Å². The van der Waals surface area contributed by atoms with Crippen LogP contribution in [0.3, 0.4) is 0 Å². The quantitative estimate of drug-likeness (QED) is 0.667. The molecule has 7 heteroatoms. The summed E-state index contributed by atoms with van der Waals surface area (Å²) in [4.78, 5) is 26.1. The van der Waals surface area contributed by atoms with Crippen molar-refractivity contribution < 1.29 is 14.5 Å². The van der Waals surface area contributed by atoms with Crippen molar-refractivity contribution in [2.24, 2.45) is 5.92 Å². The minimum atomic E-state index is -0.163. The summed E-state index contributed by atoms with van der Waals surface area (Å²) in [7, 11) is 1.82. The first kappa shape index (κ1) is 19.4. The fraction of sp³-hybridized carbons (Fsp3) is 0.611. The van der Waals surface area contributed by atoms with E-state index in [1.165, 1.54) is 16.2 Å². The first-order valence-corrected chi connectivity index (χ1v) is 9.68. The molecule has 2 amide bonds. The van der Waals surface area contributed by atoms with Crippen LogP contribution >= 0.6 is 11.3 Å². The van der Waals surface area contributed by atoms with Gasteiger partial charge in [-0.25, -0.2) is 0 Å². The number of nitriles is 1. The second kappa shape index (κ2) is 8.97. The van der Waals surface area contributed by atoms with Gasteiger partial charge in [-0.15, -0.1) is 11.3 Å². The Kier molecular flexibility index (Phi) is 6.97. The Bertz CT molecular complexity index is 677. The van der Waals surface area contributed by atoms with Crippen LogP contribution in [-0.2, 0) is 22.4 Å². The molecule has 0 saturated heterocycles. The summed E-state index contributed by atoms with van der Waals surface area (Å²) in [6.45, 7) is 5.33. The average molecular weight is 364 g/mol. The molecule has 3 N–H and O–H groups in total. The maximum Gasteiger partial charge on any atom is 0.280 e. The van der Waals surface area contributed by atoms with Crippen molar-refractivity contribution in [1.29, 1.82) is 5.26 Å². The molecule has 0 spiro atoms. The van der Waals surface area contributed by atoms with E-state index < -0.39 is 0 Å². The van der Waals surface area contributed by atoms with Crippen molar-refractivity contribution >= 4 is 28.2 Å². The number of carbonyl (C=O) groups excluding carboxylic acids is 2. The van der Waals surface area contributed by atoms with E-state index in [0.717, 1.165) is 36.1 Å². The van der Waals surface area contributed by atoms with Gasteiger partial charge in [-0.05, 0) is 37.2 Å². The van der Waals surface area contributed by atoms with E-state index in [-0.39, 0.29) is 24.9 Å². The summed E-state index contributed by atoms with van der Waals surface area (Å²) in [5.41, 5.74) is 1.74. The molecule has 0 aliphatic heterocycles. The van der Waals surface area contributed by atoms with Crippen LogP contribution in [0.2, 0.25) is 0 Å². The number of hydrogen-bond acceptors (Lipinski definition) is 4. The molecular weight excluding hydrogens is 336 g/mol. The van der Waals surface area contributed by atoms with Gasteiger partial charge in [-0.1, -0.05) is 13.8 Å². The Morgan fingerprint density at radius 3 is 2.76 bits per heavy atom. The van der Waals surface area contributed by atoms with E-state index in [1.54, 1.807) is 0 Å². The molecule has 1 aromatic rings. The highest BCUT2D eigenvalue weighted by atomic mass is 32.1. The van der Waals surface area contributed by atoms with Crippen molar-refractivity contribution in [3.8, 4) is 6.07 Å². The van der Waals surface area contributed by atoms with E-state index in [2.05, 4.69) is 23.6 Å². The molecule has 0 saturated carbocycles. The Hall–Kier alpha value is -1.91. The molecule has 1 heterocycles. The molecule has 6 nitrogen and oxygen atoms in total. The van der Waals surface area contributed by atoms with E-state index in [1.807, 2.05) is 14.0 Å². The smallest absolute Gasteiger partial charge is 0.280 e. The minimum absolute atomic E-state index is 0.0505. The van der Waals surface area contributed by atoms with Crippen molar-refractivity contribution in [3.05, 3.63) is 16.0 Å². The first-order valence-electron chi connectivity index (χ1n) is 8.87. The Morgan fingerprint density at radius 2 is 2.08 bits per heavy atom. The van der Waals surface area contributed by atoms with Crippen molar-refractivity contribution in [1.82, 2.24) is 5.32 Å². The van der Waals surface area contributed by atoms with Crippen LogP contribution < -0.4 is 15.5 Å². The van der Waals surface area contributed by atoms with Gasteiger partial charge in [0.05, 0.1) is 12.6 Å². The second-order valence-electron chi connectivity index (χ2n) is 6.88. The maximum atomic E-state index is 12.3. The van der Waals surface area contributed by atoms with Gasteiger partial charge in [0.25, 0.3) is 11.8 Å². The maximum absolute atomic E-state index is 12.3. The number of thiophene rings is 1. The van der Waals surface area contributed by atoms with E-state index in [9.17, 15) is 14.9 Å². The van der Waals surface area contributed by atoms with E-state index in [0.29, 0.717) is 23.0 Å². The third-order valence-electron chi connectivity index (χ3n) is 4.37. The largest absolute Gasteiger partial charge is 0.351 e. The van der Waals surface area contributed by atoms with Crippen LogP contribution in [0.15, 0.2) is 0 Å². The zero-order valence-corrected chi connectivity index (χ0v) is 16.0. The fourth-order valence-corrected chi connectivity index (χ4v) is 4.44. The first-order chi connectivity index (χ1) is 11.9. The topological polar surface area (TPSA) is 86.4 Å². The Morgan fingerprint density at radius 1 is 1.36 bits per heavy atom. The summed E-state index contributed by atoms with van der Waals surface area (Å²) >= 11 is 1.53. The molecule has 1 aliphatic carbocycles. The third kappa shape index (κ3) is 5.28. The number of fused-ring (bicyclic) bond motifs is 1. The fourth-order valence-electron chi connectivity index (χ4n) is 3.07. The minimum Gasteiger partial charge on any atom is -0.351 e. The number of quaternary nitrogens is 1. The molecule has 0 radical (unpaired) electrons. The molecule has 1 aliphatic rings. The molecule has 2 rings (SSSR count). The van der Waals surface area contributed by atoms with Gasteiger partial charge in [-0.2, -0.15) is 5.26 Å². The summed E-state index contributed by atoms with van der Waals surface area (Å²) < 4.78 is 0. The lowest BCUT2D eigenvalue weighted by molar-refractivity contribution is -0.862. The van der Waals surface area contributed by atoms with Crippen LogP contribution in [0.25, 0.3) is 0 Å². The number of anilines is 1. The molecule has 0 fully saturated rings. The lowest BCUT2D eigenvalue weighted by Gasteiger charge is -2.17. The normalized spacial score (nSPS) is 17.3. The standard InChI is InChI=1S/C18H26N4O2S/c1-4-7-20-16(23)10-22(3)11-17(24)21-18-14(9-19)13-6-5-12(2)8-15(13)25-18/h12H,4-8,10-11H2,1-3H3,(H,20,23)(H,21,24)/p+1/t12-/m1/s1. The Labute approximate surface area is 153 Å². The molecule has 1 aromatic heterocycles. The predicted octanol–water partition coefficient (Wildman–Crippen LogP) is 0.724. The molecule has 136 valence electrons. The van der Waals surface area contributed by atoms with Gasteiger partial charge in [0.15, 0.2) is 13.1 Å². The highest BCUT2D eigenvalue weighted by Crippen LogP contribution is 2.39. The van der Waals surface area contributed by atoms with Crippen LogP contribution in [0, 0.1) is 17.2 Å². The third-order valence-corrected chi connectivity index (χ3v) is 5.54. The van der Waals surface area contributed by atoms with Gasteiger partial charge >= 0.3 is 0 Å². The van der Waals surface area contributed by atoms with Gasteiger partial charge < -0.3 is 15.5 Å². The highest BCUT2D eigenvalue weighted by Gasteiger charge is 2.25. The summed E-state index contributed by atoms with van der Waals surface area (Å²) in [5.74, 6) is 0.410. The number of nitrogens with zero attached hydrogens (tertiary/aromatic N) is 1. The zero-order chi connectivity index (χ0) is 18.4. The zero-order valence-electron chi connectivity index (χ0n) is 15.2. The average Bonchev–Trinajstić information content (AvgIpc) is 2.88. The molecular formula is C18H27N4O2S+. The second-order valence-corrected chi connectivity index (χ2v) is 7.98. The summed E-state index contributed by atoms with van der Waals surface area (Å²) in [6, 6.07) is 2.26. The summed E-state index contributed by atoms with van der Waals surface area (Å²) in [5, 5.41) is 15.8. The molecule has 1 unspecified atom stereocenters. The number of amides is 2. The number of hydrogen-bond donors (Lipinski definition) is 3. The number of likely N-dealkylation sites (N-methyl/N-ethyl adjacent to an activating group) is 1. The van der Waals surface area contributed by atoms with Crippen molar-refractivity contribution in [2.45, 2.75) is 39.5 Å². The van der Waals surface area contributed by atoms with Gasteiger partial charge in [0.2, 0.25) is 0 Å². The van der Waals surface area contributed by atoms with Crippen molar-refractivity contribution in [3.63, 3.8) is 0 Å². The highest BCUT2D eigenvalue weighted by molar-refractivity contribution is 7.16. The Balaban J connectivity index is 1.94. The monoisotopic (exact) mass is 363 g/mol. The molecule has 2 atom stereocenters. The predicted molar refractivity (Wildman–Crippen MR) is 98.8 cm³/mol. The number of rotatable bonds is 7. The van der Waals surface area contributed by atoms with Gasteiger partial charge in [0, 0.05) is 11.4 Å². The number of nitrogens with one attached hydrogen (secondary N) is 3. The van der Waals surface area contributed by atoms with Gasteiger partial charge in [0.1, 0.15) is 11.1 Å². The van der Waals surface area contributed by atoms with Gasteiger partial charge in [-0.3, -0.25) is 9.59 Å². The summed E-state index contributed by atoms with van der Waals surface area (Å²) in [6.07, 6.45) is 3.87. The lowest BCUT2D eigenvalue weighted by atomic mass is 9.89. The molecule has 0 aromatic carbocycles. The van der Waals surface area contributed by atoms with E-state index >= 15 is 0 Å². The molecule has 25 heavy (non-hydrogen) atoms. The van der Waals surface area contributed by atoms with Crippen LogP contribution in [0.1, 0.15) is 42.7 Å². The van der Waals surface area contributed by atoms with E-state index in [4.69, 9.17) is 0 Å².